The monoisotopic (exact) mass is 380 g/mol. The number of hydrogen-bond donors (Lipinski definition) is 1. The maximum absolute atomic E-state index is 12.4. The van der Waals surface area contributed by atoms with Crippen LogP contribution in [0.3, 0.4) is 0 Å². The van der Waals surface area contributed by atoms with Gasteiger partial charge in [-0.1, -0.05) is 36.8 Å². The summed E-state index contributed by atoms with van der Waals surface area (Å²) in [5.41, 5.74) is 4.71. The second kappa shape index (κ2) is 9.74. The number of rotatable bonds is 7. The fourth-order valence-corrected chi connectivity index (χ4v) is 3.73. The zero-order valence-corrected chi connectivity index (χ0v) is 17.3. The van der Waals surface area contributed by atoms with Crippen molar-refractivity contribution in [3.8, 4) is 5.75 Å². The Morgan fingerprint density at radius 1 is 1.00 bits per heavy atom. The van der Waals surface area contributed by atoms with Crippen LogP contribution < -0.4 is 10.1 Å². The van der Waals surface area contributed by atoms with Gasteiger partial charge in [0.2, 0.25) is 0 Å². The Labute approximate surface area is 168 Å². The maximum atomic E-state index is 12.4. The summed E-state index contributed by atoms with van der Waals surface area (Å²) in [5, 5.41) is 2.97. The quantitative estimate of drug-likeness (QED) is 0.775. The van der Waals surface area contributed by atoms with E-state index in [1.165, 1.54) is 37.9 Å². The molecule has 1 heterocycles. The van der Waals surface area contributed by atoms with Gasteiger partial charge in [-0.3, -0.25) is 9.69 Å². The van der Waals surface area contributed by atoms with Crippen molar-refractivity contribution in [2.45, 2.75) is 59.2 Å². The first-order chi connectivity index (χ1) is 13.5. The standard InChI is InChI=1S/C24H32N2O2/c1-18-13-19(2)15-23(14-18)28-20(3)24(27)25-16-21-7-9-22(10-8-21)17-26-11-5-4-6-12-26/h7-10,13-15,20H,4-6,11-12,16-17H2,1-3H3,(H,25,27). The fraction of sp³-hybridized carbons (Fsp3) is 0.458. The molecule has 1 fully saturated rings. The summed E-state index contributed by atoms with van der Waals surface area (Å²) < 4.78 is 5.81. The van der Waals surface area contributed by atoms with Crippen LogP contribution in [0.5, 0.6) is 5.75 Å². The number of carbonyl (C=O) groups is 1. The molecule has 1 atom stereocenters. The summed E-state index contributed by atoms with van der Waals surface area (Å²) in [6, 6.07) is 14.6. The van der Waals surface area contributed by atoms with Crippen LogP contribution in [0.1, 0.15) is 48.4 Å². The molecule has 4 nitrogen and oxygen atoms in total. The summed E-state index contributed by atoms with van der Waals surface area (Å²) in [4.78, 5) is 14.9. The highest BCUT2D eigenvalue weighted by Crippen LogP contribution is 2.18. The van der Waals surface area contributed by atoms with Crippen molar-refractivity contribution < 1.29 is 9.53 Å². The Bertz CT molecular complexity index is 759. The average molecular weight is 381 g/mol. The molecule has 0 bridgehead atoms. The molecular formula is C24H32N2O2. The molecule has 2 aromatic carbocycles. The van der Waals surface area contributed by atoms with Gasteiger partial charge in [-0.2, -0.15) is 0 Å². The Kier molecular flexibility index (Phi) is 7.10. The van der Waals surface area contributed by atoms with Crippen molar-refractivity contribution in [3.05, 3.63) is 64.7 Å². The molecule has 0 spiro atoms. The van der Waals surface area contributed by atoms with Gasteiger partial charge in [-0.25, -0.2) is 0 Å². The van der Waals surface area contributed by atoms with Gasteiger partial charge < -0.3 is 10.1 Å². The van der Waals surface area contributed by atoms with Crippen molar-refractivity contribution in [2.24, 2.45) is 0 Å². The molecule has 1 N–H and O–H groups in total. The third kappa shape index (κ3) is 6.10. The molecular weight excluding hydrogens is 348 g/mol. The number of carbonyl (C=O) groups excluding carboxylic acids is 1. The Balaban J connectivity index is 1.46. The van der Waals surface area contributed by atoms with Gasteiger partial charge in [0.1, 0.15) is 5.75 Å². The van der Waals surface area contributed by atoms with Gasteiger partial charge >= 0.3 is 0 Å². The van der Waals surface area contributed by atoms with Crippen molar-refractivity contribution in [3.63, 3.8) is 0 Å². The van der Waals surface area contributed by atoms with Gasteiger partial charge in [0.15, 0.2) is 6.10 Å². The van der Waals surface area contributed by atoms with Crippen LogP contribution in [0, 0.1) is 13.8 Å². The molecule has 1 aliphatic rings. The zero-order chi connectivity index (χ0) is 19.9. The predicted octanol–water partition coefficient (Wildman–Crippen LogP) is 4.37. The largest absolute Gasteiger partial charge is 0.481 e. The van der Waals surface area contributed by atoms with Crippen molar-refractivity contribution in [1.82, 2.24) is 10.2 Å². The predicted molar refractivity (Wildman–Crippen MR) is 113 cm³/mol. The van der Waals surface area contributed by atoms with Crippen LogP contribution in [0.25, 0.3) is 0 Å². The van der Waals surface area contributed by atoms with Gasteiger partial charge in [0.25, 0.3) is 5.91 Å². The van der Waals surface area contributed by atoms with Crippen molar-refractivity contribution in [1.29, 1.82) is 0 Å². The van der Waals surface area contributed by atoms with Crippen LogP contribution in [0.2, 0.25) is 0 Å². The molecule has 4 heteroatoms. The van der Waals surface area contributed by atoms with E-state index in [0.29, 0.717) is 6.54 Å². The van der Waals surface area contributed by atoms with E-state index in [1.54, 1.807) is 6.92 Å². The highest BCUT2D eigenvalue weighted by molar-refractivity contribution is 5.80. The summed E-state index contributed by atoms with van der Waals surface area (Å²) in [6.07, 6.45) is 3.46. The molecule has 1 aliphatic heterocycles. The molecule has 1 amide bonds. The Morgan fingerprint density at radius 3 is 2.25 bits per heavy atom. The zero-order valence-electron chi connectivity index (χ0n) is 17.3. The second-order valence-corrected chi connectivity index (χ2v) is 7.95. The summed E-state index contributed by atoms with van der Waals surface area (Å²) in [7, 11) is 0. The average Bonchev–Trinajstić information content (AvgIpc) is 2.67. The SMILES string of the molecule is Cc1cc(C)cc(OC(C)C(=O)NCc2ccc(CN3CCCCC3)cc2)c1. The lowest BCUT2D eigenvalue weighted by Crippen LogP contribution is -2.35. The number of benzene rings is 2. The van der Waals surface area contributed by atoms with Crippen LogP contribution in [-0.2, 0) is 17.9 Å². The minimum Gasteiger partial charge on any atom is -0.481 e. The third-order valence-electron chi connectivity index (χ3n) is 5.22. The molecule has 1 saturated heterocycles. The number of nitrogens with zero attached hydrogens (tertiary/aromatic N) is 1. The minimum atomic E-state index is -0.528. The van der Waals surface area contributed by atoms with Crippen LogP contribution in [-0.4, -0.2) is 30.0 Å². The van der Waals surface area contributed by atoms with E-state index < -0.39 is 6.10 Å². The lowest BCUT2D eigenvalue weighted by Gasteiger charge is -2.26. The second-order valence-electron chi connectivity index (χ2n) is 7.95. The van der Waals surface area contributed by atoms with Crippen LogP contribution >= 0.6 is 0 Å². The van der Waals surface area contributed by atoms with Gasteiger partial charge in [0, 0.05) is 13.1 Å². The number of aryl methyl sites for hydroxylation is 2. The fourth-order valence-electron chi connectivity index (χ4n) is 3.73. The van der Waals surface area contributed by atoms with Crippen LogP contribution in [0.4, 0.5) is 0 Å². The van der Waals surface area contributed by atoms with Crippen molar-refractivity contribution >= 4 is 5.91 Å². The molecule has 2 aromatic rings. The van der Waals surface area contributed by atoms with Crippen LogP contribution in [0.15, 0.2) is 42.5 Å². The molecule has 3 rings (SSSR count). The van der Waals surface area contributed by atoms with E-state index in [1.807, 2.05) is 26.0 Å². The summed E-state index contributed by atoms with van der Waals surface area (Å²) in [5.74, 6) is 0.638. The van der Waals surface area contributed by atoms with Gasteiger partial charge in [-0.05, 0) is 81.1 Å². The topological polar surface area (TPSA) is 41.6 Å². The van der Waals surface area contributed by atoms with Gasteiger partial charge in [-0.15, -0.1) is 0 Å². The molecule has 0 aromatic heterocycles. The minimum absolute atomic E-state index is 0.100. The van der Waals surface area contributed by atoms with E-state index in [4.69, 9.17) is 4.74 Å². The van der Waals surface area contributed by atoms with E-state index in [9.17, 15) is 4.79 Å². The summed E-state index contributed by atoms with van der Waals surface area (Å²) >= 11 is 0. The maximum Gasteiger partial charge on any atom is 0.261 e. The number of hydrogen-bond acceptors (Lipinski definition) is 3. The number of amides is 1. The molecule has 1 unspecified atom stereocenters. The number of piperidine rings is 1. The van der Waals surface area contributed by atoms with E-state index in [2.05, 4.69) is 40.5 Å². The Hall–Kier alpha value is -2.33. The highest BCUT2D eigenvalue weighted by atomic mass is 16.5. The van der Waals surface area contributed by atoms with E-state index in [0.717, 1.165) is 29.0 Å². The first-order valence-electron chi connectivity index (χ1n) is 10.3. The number of likely N-dealkylation sites (tertiary alicyclic amines) is 1. The molecule has 150 valence electrons. The first kappa shape index (κ1) is 20.4. The first-order valence-corrected chi connectivity index (χ1v) is 10.3. The molecule has 28 heavy (non-hydrogen) atoms. The third-order valence-corrected chi connectivity index (χ3v) is 5.22. The van der Waals surface area contributed by atoms with E-state index >= 15 is 0 Å². The smallest absolute Gasteiger partial charge is 0.261 e. The number of nitrogens with one attached hydrogen (secondary N) is 1. The summed E-state index contributed by atoms with van der Waals surface area (Å²) in [6.45, 7) is 9.79. The molecule has 0 saturated carbocycles. The van der Waals surface area contributed by atoms with Gasteiger partial charge in [0.05, 0.1) is 0 Å². The number of ether oxygens (including phenoxy) is 1. The molecule has 0 radical (unpaired) electrons. The normalized spacial score (nSPS) is 15.8. The lowest BCUT2D eigenvalue weighted by atomic mass is 10.1. The van der Waals surface area contributed by atoms with E-state index in [-0.39, 0.29) is 5.91 Å². The molecule has 0 aliphatic carbocycles. The highest BCUT2D eigenvalue weighted by Gasteiger charge is 2.15. The Morgan fingerprint density at radius 2 is 1.61 bits per heavy atom. The van der Waals surface area contributed by atoms with Crippen molar-refractivity contribution in [2.75, 3.05) is 13.1 Å². The lowest BCUT2D eigenvalue weighted by molar-refractivity contribution is -0.127.